The number of hydrogen-bond donors (Lipinski definition) is 1. The Morgan fingerprint density at radius 1 is 1.20 bits per heavy atom. The Balaban J connectivity index is 1.48. The molecule has 5 rings (SSSR count). The lowest BCUT2D eigenvalue weighted by molar-refractivity contribution is -0.121. The van der Waals surface area contributed by atoms with Gasteiger partial charge in [0.05, 0.1) is 23.5 Å². The van der Waals surface area contributed by atoms with E-state index in [0.717, 1.165) is 16.9 Å². The van der Waals surface area contributed by atoms with Gasteiger partial charge in [-0.25, -0.2) is 4.98 Å². The quantitative estimate of drug-likeness (QED) is 0.504. The van der Waals surface area contributed by atoms with Crippen LogP contribution in [0.2, 0.25) is 5.02 Å². The van der Waals surface area contributed by atoms with Crippen molar-refractivity contribution in [2.45, 2.75) is 18.9 Å². The van der Waals surface area contributed by atoms with Gasteiger partial charge in [-0.3, -0.25) is 4.79 Å². The highest BCUT2D eigenvalue weighted by atomic mass is 35.5. The first kappa shape index (κ1) is 18.6. The fourth-order valence-corrected chi connectivity index (χ4v) is 3.77. The summed E-state index contributed by atoms with van der Waals surface area (Å²) in [4.78, 5) is 17.3. The molecule has 0 bridgehead atoms. The van der Waals surface area contributed by atoms with Crippen LogP contribution in [0, 0.1) is 0 Å². The molecule has 1 aliphatic heterocycles. The van der Waals surface area contributed by atoms with Gasteiger partial charge in [0.25, 0.3) is 0 Å². The Bertz CT molecular complexity index is 1200. The average Bonchev–Trinajstić information content (AvgIpc) is 3.50. The van der Waals surface area contributed by atoms with Crippen LogP contribution in [-0.2, 0) is 11.3 Å². The Kier molecular flexibility index (Phi) is 4.80. The van der Waals surface area contributed by atoms with E-state index < -0.39 is 0 Å². The first-order valence-electron chi connectivity index (χ1n) is 9.48. The predicted molar refractivity (Wildman–Crippen MR) is 110 cm³/mol. The molecule has 1 unspecified atom stereocenters. The number of nitrogens with one attached hydrogen (secondary N) is 1. The lowest BCUT2D eigenvalue weighted by Gasteiger charge is -2.18. The zero-order valence-corrected chi connectivity index (χ0v) is 16.6. The molecule has 4 aromatic rings. The Morgan fingerprint density at radius 3 is 2.97 bits per heavy atom. The normalized spacial score (nSPS) is 13.5. The minimum Gasteiger partial charge on any atom is -0.467 e. The maximum Gasteiger partial charge on any atom is 0.231 e. The summed E-state index contributed by atoms with van der Waals surface area (Å²) >= 11 is 6.21. The number of aromatic nitrogens is 2. The number of rotatable bonds is 6. The van der Waals surface area contributed by atoms with E-state index in [1.165, 1.54) is 0 Å². The van der Waals surface area contributed by atoms with Crippen molar-refractivity contribution >= 4 is 23.2 Å². The minimum absolute atomic E-state index is 0.106. The van der Waals surface area contributed by atoms with Crippen LogP contribution in [0.3, 0.4) is 0 Å². The molecule has 7 nitrogen and oxygen atoms in total. The van der Waals surface area contributed by atoms with Gasteiger partial charge in [-0.15, -0.1) is 0 Å². The first-order chi connectivity index (χ1) is 14.7. The second-order valence-electron chi connectivity index (χ2n) is 6.98. The van der Waals surface area contributed by atoms with E-state index in [1.807, 2.05) is 34.7 Å². The molecule has 0 radical (unpaired) electrons. The summed E-state index contributed by atoms with van der Waals surface area (Å²) in [5.41, 5.74) is 2.55. The molecular weight excluding hydrogens is 406 g/mol. The number of fused-ring (bicyclic) bond motifs is 2. The van der Waals surface area contributed by atoms with Gasteiger partial charge in [0, 0.05) is 24.7 Å². The van der Waals surface area contributed by atoms with Crippen LogP contribution in [-0.4, -0.2) is 22.1 Å². The fraction of sp³-hybridized carbons (Fsp3) is 0.182. The predicted octanol–water partition coefficient (Wildman–Crippen LogP) is 4.15. The zero-order chi connectivity index (χ0) is 20.5. The third-order valence-electron chi connectivity index (χ3n) is 5.08. The molecule has 1 aromatic carbocycles. The number of imidazole rings is 1. The van der Waals surface area contributed by atoms with Crippen molar-refractivity contribution in [2.24, 2.45) is 0 Å². The summed E-state index contributed by atoms with van der Waals surface area (Å²) in [6.45, 7) is 0.525. The molecule has 152 valence electrons. The van der Waals surface area contributed by atoms with Crippen molar-refractivity contribution in [2.75, 3.05) is 6.79 Å². The van der Waals surface area contributed by atoms with E-state index in [4.69, 9.17) is 25.5 Å². The first-order valence-corrected chi connectivity index (χ1v) is 9.86. The van der Waals surface area contributed by atoms with Gasteiger partial charge >= 0.3 is 0 Å². The summed E-state index contributed by atoms with van der Waals surface area (Å²) in [5.74, 6) is 1.70. The largest absolute Gasteiger partial charge is 0.467 e. The SMILES string of the molecule is O=C(CC(c1ccc2c(c1)OCO2)c1cnc2ccc(Cl)cn12)NCc1ccco1. The van der Waals surface area contributed by atoms with Gasteiger partial charge < -0.3 is 23.6 Å². The highest BCUT2D eigenvalue weighted by molar-refractivity contribution is 6.30. The smallest absolute Gasteiger partial charge is 0.231 e. The molecule has 0 saturated heterocycles. The van der Waals surface area contributed by atoms with Crippen molar-refractivity contribution in [3.05, 3.63) is 83.2 Å². The number of halogens is 1. The van der Waals surface area contributed by atoms with Gasteiger partial charge in [0.15, 0.2) is 11.5 Å². The number of benzene rings is 1. The molecule has 0 saturated carbocycles. The Hall–Kier alpha value is -3.45. The molecule has 1 aliphatic rings. The molecule has 0 fully saturated rings. The van der Waals surface area contributed by atoms with Crippen molar-refractivity contribution in [3.63, 3.8) is 0 Å². The standard InChI is InChI=1S/C22H18ClN3O4/c23-15-4-6-21-24-11-18(26(21)12-15)17(9-22(27)25-10-16-2-1-7-28-16)14-3-5-19-20(8-14)30-13-29-19/h1-8,11-12,17H,9-10,13H2,(H,25,27). The van der Waals surface area contributed by atoms with Crippen LogP contribution in [0.1, 0.15) is 29.4 Å². The Morgan fingerprint density at radius 2 is 2.10 bits per heavy atom. The van der Waals surface area contributed by atoms with Crippen LogP contribution in [0.4, 0.5) is 0 Å². The van der Waals surface area contributed by atoms with Crippen molar-refractivity contribution in [1.29, 1.82) is 0 Å². The number of nitrogens with zero attached hydrogens (tertiary/aromatic N) is 2. The number of pyridine rings is 1. The van der Waals surface area contributed by atoms with E-state index in [9.17, 15) is 4.79 Å². The average molecular weight is 424 g/mol. The number of ether oxygens (including phenoxy) is 2. The van der Waals surface area contributed by atoms with E-state index >= 15 is 0 Å². The summed E-state index contributed by atoms with van der Waals surface area (Å²) in [6, 6.07) is 13.0. The molecule has 1 atom stereocenters. The number of carbonyl (C=O) groups excluding carboxylic acids is 1. The summed E-state index contributed by atoms with van der Waals surface area (Å²) in [6.07, 6.45) is 5.39. The molecule has 4 heterocycles. The van der Waals surface area contributed by atoms with Gasteiger partial charge in [-0.05, 0) is 42.0 Å². The zero-order valence-electron chi connectivity index (χ0n) is 15.9. The monoisotopic (exact) mass is 423 g/mol. The molecule has 0 aliphatic carbocycles. The summed E-state index contributed by atoms with van der Waals surface area (Å²) in [7, 11) is 0. The number of carbonyl (C=O) groups is 1. The molecule has 1 amide bonds. The summed E-state index contributed by atoms with van der Waals surface area (Å²) < 4.78 is 18.2. The van der Waals surface area contributed by atoms with E-state index in [2.05, 4.69) is 10.3 Å². The van der Waals surface area contributed by atoms with Crippen LogP contribution in [0.5, 0.6) is 11.5 Å². The van der Waals surface area contributed by atoms with Crippen molar-refractivity contribution in [3.8, 4) is 11.5 Å². The van der Waals surface area contributed by atoms with Crippen molar-refractivity contribution < 1.29 is 18.7 Å². The minimum atomic E-state index is -0.260. The molecule has 30 heavy (non-hydrogen) atoms. The highest BCUT2D eigenvalue weighted by Gasteiger charge is 2.24. The Labute approximate surface area is 177 Å². The van der Waals surface area contributed by atoms with E-state index in [0.29, 0.717) is 28.8 Å². The fourth-order valence-electron chi connectivity index (χ4n) is 3.61. The van der Waals surface area contributed by atoms with Gasteiger partial charge in [0.2, 0.25) is 12.7 Å². The van der Waals surface area contributed by atoms with Gasteiger partial charge in [0.1, 0.15) is 11.4 Å². The molecule has 0 spiro atoms. The molecule has 8 heteroatoms. The number of furan rings is 1. The maximum atomic E-state index is 12.8. The topological polar surface area (TPSA) is 78.0 Å². The van der Waals surface area contributed by atoms with Gasteiger partial charge in [-0.2, -0.15) is 0 Å². The van der Waals surface area contributed by atoms with E-state index in [-0.39, 0.29) is 25.0 Å². The van der Waals surface area contributed by atoms with Crippen molar-refractivity contribution in [1.82, 2.24) is 14.7 Å². The lowest BCUT2D eigenvalue weighted by atomic mass is 9.92. The van der Waals surface area contributed by atoms with Crippen LogP contribution in [0.25, 0.3) is 5.65 Å². The number of hydrogen-bond acceptors (Lipinski definition) is 5. The van der Waals surface area contributed by atoms with Crippen LogP contribution < -0.4 is 14.8 Å². The van der Waals surface area contributed by atoms with Crippen LogP contribution in [0.15, 0.2) is 65.5 Å². The molecule has 3 aromatic heterocycles. The van der Waals surface area contributed by atoms with Gasteiger partial charge in [-0.1, -0.05) is 17.7 Å². The van der Waals surface area contributed by atoms with E-state index in [1.54, 1.807) is 30.8 Å². The maximum absolute atomic E-state index is 12.8. The number of amides is 1. The van der Waals surface area contributed by atoms with Crippen LogP contribution >= 0.6 is 11.6 Å². The third-order valence-corrected chi connectivity index (χ3v) is 5.31. The highest BCUT2D eigenvalue weighted by Crippen LogP contribution is 2.38. The third kappa shape index (κ3) is 3.59. The molecule has 1 N–H and O–H groups in total. The summed E-state index contributed by atoms with van der Waals surface area (Å²) in [5, 5.41) is 3.51. The molecular formula is C22H18ClN3O4. The lowest BCUT2D eigenvalue weighted by Crippen LogP contribution is -2.25. The second kappa shape index (κ2) is 7.76. The second-order valence-corrected chi connectivity index (χ2v) is 7.42.